The van der Waals surface area contributed by atoms with Crippen LogP contribution in [0.2, 0.25) is 0 Å². The number of aromatic amines is 1. The van der Waals surface area contributed by atoms with E-state index in [1.165, 1.54) is 0 Å². The van der Waals surface area contributed by atoms with Gasteiger partial charge in [-0.1, -0.05) is 0 Å². The van der Waals surface area contributed by atoms with Crippen LogP contribution in [0.3, 0.4) is 0 Å². The van der Waals surface area contributed by atoms with Crippen LogP contribution < -0.4 is 11.0 Å². The van der Waals surface area contributed by atoms with E-state index in [4.69, 9.17) is 0 Å². The first-order chi connectivity index (χ1) is 5.29. The van der Waals surface area contributed by atoms with Crippen LogP contribution in [0.25, 0.3) is 0 Å². The number of nitrogens with zero attached hydrogens (tertiary/aromatic N) is 2. The van der Waals surface area contributed by atoms with Crippen LogP contribution in [0.5, 0.6) is 0 Å². The molecule has 0 aromatic carbocycles. The Balaban J connectivity index is 2.36. The Morgan fingerprint density at radius 2 is 2.36 bits per heavy atom. The smallest absolute Gasteiger partial charge is 0.315 e. The van der Waals surface area contributed by atoms with Gasteiger partial charge >= 0.3 is 5.69 Å². The van der Waals surface area contributed by atoms with Gasteiger partial charge in [0.2, 0.25) is 0 Å². The first kappa shape index (κ1) is 6.60. The molecule has 0 atom stereocenters. The Morgan fingerprint density at radius 1 is 1.64 bits per heavy atom. The molecule has 0 radical (unpaired) electrons. The van der Waals surface area contributed by atoms with E-state index in [0.717, 1.165) is 18.9 Å². The predicted molar refractivity (Wildman–Crippen MR) is 39.4 cm³/mol. The molecule has 0 spiro atoms. The Bertz CT molecular complexity index is 309. The minimum absolute atomic E-state index is 0.132. The second-order valence-electron chi connectivity index (χ2n) is 2.80. The Labute approximate surface area is 63.4 Å². The molecule has 0 amide bonds. The summed E-state index contributed by atoms with van der Waals surface area (Å²) in [6.07, 6.45) is 0. The van der Waals surface area contributed by atoms with Gasteiger partial charge in [0.15, 0.2) is 0 Å². The molecule has 2 rings (SSSR count). The molecular formula is C6H10N4O. The van der Waals surface area contributed by atoms with Gasteiger partial charge in [-0.15, -0.1) is 0 Å². The van der Waals surface area contributed by atoms with Crippen molar-refractivity contribution in [3.63, 3.8) is 0 Å². The molecule has 11 heavy (non-hydrogen) atoms. The maximum Gasteiger partial charge on any atom is 0.343 e. The fourth-order valence-corrected chi connectivity index (χ4v) is 1.20. The van der Waals surface area contributed by atoms with Crippen LogP contribution in [0.1, 0.15) is 11.7 Å². The molecule has 2 N–H and O–H groups in total. The normalized spacial score (nSPS) is 18.3. The zero-order valence-corrected chi connectivity index (χ0v) is 6.29. The number of hydrogen-bond donors (Lipinski definition) is 2. The number of H-pyrrole nitrogens is 1. The third kappa shape index (κ3) is 0.883. The predicted octanol–water partition coefficient (Wildman–Crippen LogP) is -1.20. The molecule has 1 aliphatic rings. The minimum atomic E-state index is -0.132. The van der Waals surface area contributed by atoms with Gasteiger partial charge in [0.05, 0.1) is 0 Å². The third-order valence-corrected chi connectivity index (χ3v) is 2.06. The van der Waals surface area contributed by atoms with E-state index < -0.39 is 0 Å². The topological polar surface area (TPSA) is 62.7 Å². The van der Waals surface area contributed by atoms with E-state index in [9.17, 15) is 4.79 Å². The first-order valence-corrected chi connectivity index (χ1v) is 3.61. The Hall–Kier alpha value is -1.10. The van der Waals surface area contributed by atoms with Gasteiger partial charge < -0.3 is 5.32 Å². The van der Waals surface area contributed by atoms with Crippen molar-refractivity contribution in [1.82, 2.24) is 20.1 Å². The molecule has 1 aromatic rings. The summed E-state index contributed by atoms with van der Waals surface area (Å²) in [5, 5.41) is 9.47. The fourth-order valence-electron chi connectivity index (χ4n) is 1.20. The quantitative estimate of drug-likeness (QED) is 0.534. The van der Waals surface area contributed by atoms with Crippen LogP contribution in [-0.2, 0) is 7.05 Å². The van der Waals surface area contributed by atoms with Gasteiger partial charge in [-0.2, -0.15) is 5.10 Å². The lowest BCUT2D eigenvalue weighted by molar-refractivity contribution is 0.419. The summed E-state index contributed by atoms with van der Waals surface area (Å²) in [6.45, 7) is 1.86. The fraction of sp³-hybridized carbons (Fsp3) is 0.667. The zero-order chi connectivity index (χ0) is 7.84. The summed E-state index contributed by atoms with van der Waals surface area (Å²) in [7, 11) is 1.74. The van der Waals surface area contributed by atoms with Crippen molar-refractivity contribution < 1.29 is 0 Å². The van der Waals surface area contributed by atoms with Crippen LogP contribution in [-0.4, -0.2) is 27.9 Å². The summed E-state index contributed by atoms with van der Waals surface area (Å²) in [6, 6.07) is 0. The van der Waals surface area contributed by atoms with Crippen molar-refractivity contribution in [2.75, 3.05) is 13.1 Å². The molecule has 0 unspecified atom stereocenters. The highest BCUT2D eigenvalue weighted by Crippen LogP contribution is 2.14. The van der Waals surface area contributed by atoms with E-state index in [0.29, 0.717) is 5.92 Å². The van der Waals surface area contributed by atoms with E-state index in [1.807, 2.05) is 0 Å². The largest absolute Gasteiger partial charge is 0.343 e. The van der Waals surface area contributed by atoms with Gasteiger partial charge in [-0.25, -0.2) is 9.89 Å². The van der Waals surface area contributed by atoms with Crippen LogP contribution >= 0.6 is 0 Å². The van der Waals surface area contributed by atoms with Gasteiger partial charge in [0.1, 0.15) is 5.82 Å². The molecule has 5 nitrogen and oxygen atoms in total. The van der Waals surface area contributed by atoms with E-state index in [2.05, 4.69) is 15.5 Å². The third-order valence-electron chi connectivity index (χ3n) is 2.06. The lowest BCUT2D eigenvalue weighted by Gasteiger charge is -2.25. The van der Waals surface area contributed by atoms with Crippen molar-refractivity contribution in [2.24, 2.45) is 7.05 Å². The van der Waals surface area contributed by atoms with E-state index >= 15 is 0 Å². The molecular weight excluding hydrogens is 144 g/mol. The van der Waals surface area contributed by atoms with Crippen molar-refractivity contribution in [3.05, 3.63) is 16.3 Å². The van der Waals surface area contributed by atoms with Crippen molar-refractivity contribution in [2.45, 2.75) is 5.92 Å². The minimum Gasteiger partial charge on any atom is -0.315 e. The van der Waals surface area contributed by atoms with Crippen molar-refractivity contribution >= 4 is 0 Å². The maximum atomic E-state index is 10.9. The standard InChI is InChI=1S/C6H10N4O/c1-10-5(4-2-7-3-4)8-9-6(10)11/h4,7H,2-3H2,1H3,(H,9,11). The highest BCUT2D eigenvalue weighted by Gasteiger charge is 2.23. The molecule has 60 valence electrons. The highest BCUT2D eigenvalue weighted by atomic mass is 16.1. The summed E-state index contributed by atoms with van der Waals surface area (Å²) in [4.78, 5) is 10.9. The summed E-state index contributed by atoms with van der Waals surface area (Å²) in [5.74, 6) is 1.27. The number of nitrogens with one attached hydrogen (secondary N) is 2. The molecule has 0 aliphatic carbocycles. The van der Waals surface area contributed by atoms with Gasteiger partial charge in [0, 0.05) is 26.1 Å². The summed E-state index contributed by atoms with van der Waals surface area (Å²) >= 11 is 0. The Morgan fingerprint density at radius 3 is 2.73 bits per heavy atom. The van der Waals surface area contributed by atoms with Gasteiger partial charge in [-0.3, -0.25) is 4.57 Å². The average Bonchev–Trinajstić information content (AvgIpc) is 2.15. The molecule has 1 fully saturated rings. The first-order valence-electron chi connectivity index (χ1n) is 3.61. The molecule has 5 heteroatoms. The average molecular weight is 154 g/mol. The number of aromatic nitrogens is 3. The molecule has 0 bridgehead atoms. The molecule has 1 aliphatic heterocycles. The van der Waals surface area contributed by atoms with Gasteiger partial charge in [-0.05, 0) is 0 Å². The van der Waals surface area contributed by atoms with Crippen LogP contribution in [0.4, 0.5) is 0 Å². The van der Waals surface area contributed by atoms with Crippen molar-refractivity contribution in [1.29, 1.82) is 0 Å². The second-order valence-corrected chi connectivity index (χ2v) is 2.80. The SMILES string of the molecule is Cn1c(C2CNC2)n[nH]c1=O. The molecule has 1 aromatic heterocycles. The summed E-state index contributed by atoms with van der Waals surface area (Å²) < 4.78 is 1.56. The zero-order valence-electron chi connectivity index (χ0n) is 6.29. The molecule has 2 heterocycles. The van der Waals surface area contributed by atoms with Crippen LogP contribution in [0, 0.1) is 0 Å². The van der Waals surface area contributed by atoms with Crippen LogP contribution in [0.15, 0.2) is 4.79 Å². The lowest BCUT2D eigenvalue weighted by atomic mass is 10.0. The lowest BCUT2D eigenvalue weighted by Crippen LogP contribution is -2.41. The van der Waals surface area contributed by atoms with Crippen molar-refractivity contribution in [3.8, 4) is 0 Å². The second kappa shape index (κ2) is 2.20. The number of rotatable bonds is 1. The molecule has 1 saturated heterocycles. The number of hydrogen-bond acceptors (Lipinski definition) is 3. The monoisotopic (exact) mass is 154 g/mol. The van der Waals surface area contributed by atoms with Gasteiger partial charge in [0.25, 0.3) is 0 Å². The van der Waals surface area contributed by atoms with E-state index in [-0.39, 0.29) is 5.69 Å². The molecule has 0 saturated carbocycles. The summed E-state index contributed by atoms with van der Waals surface area (Å²) in [5.41, 5.74) is -0.132. The Kier molecular flexibility index (Phi) is 1.32. The highest BCUT2D eigenvalue weighted by molar-refractivity contribution is 5.02. The van der Waals surface area contributed by atoms with E-state index in [1.54, 1.807) is 11.6 Å². The maximum absolute atomic E-state index is 10.9.